The van der Waals surface area contributed by atoms with E-state index in [-0.39, 0.29) is 24.0 Å². The van der Waals surface area contributed by atoms with E-state index in [1.165, 1.54) is 0 Å². The maximum Gasteiger partial charge on any atom is 0.315 e. The van der Waals surface area contributed by atoms with E-state index in [9.17, 15) is 9.59 Å². The Morgan fingerprint density at radius 1 is 1.12 bits per heavy atom. The summed E-state index contributed by atoms with van der Waals surface area (Å²) in [5, 5.41) is 15.0. The van der Waals surface area contributed by atoms with Crippen LogP contribution in [0.5, 0.6) is 5.75 Å². The van der Waals surface area contributed by atoms with E-state index >= 15 is 0 Å². The monoisotopic (exact) mass is 396 g/mol. The third kappa shape index (κ3) is 4.01. The molecular formula is C17H21BrN2O4. The Morgan fingerprint density at radius 2 is 1.88 bits per heavy atom. The number of rotatable bonds is 3. The first-order valence-corrected chi connectivity index (χ1v) is 9.04. The van der Waals surface area contributed by atoms with Crippen LogP contribution in [0.25, 0.3) is 0 Å². The molecule has 1 aliphatic carbocycles. The van der Waals surface area contributed by atoms with Gasteiger partial charge in [-0.2, -0.15) is 0 Å². The molecule has 2 aliphatic rings. The first-order valence-electron chi connectivity index (χ1n) is 8.25. The lowest BCUT2D eigenvalue weighted by Gasteiger charge is -2.30. The highest BCUT2D eigenvalue weighted by Gasteiger charge is 2.28. The molecule has 0 saturated heterocycles. The van der Waals surface area contributed by atoms with Crippen LogP contribution in [-0.2, 0) is 4.79 Å². The van der Waals surface area contributed by atoms with Crippen LogP contribution in [0.1, 0.15) is 43.7 Å². The van der Waals surface area contributed by atoms with E-state index < -0.39 is 5.97 Å². The van der Waals surface area contributed by atoms with Gasteiger partial charge in [0.1, 0.15) is 5.75 Å². The third-order valence-electron chi connectivity index (χ3n) is 4.73. The van der Waals surface area contributed by atoms with E-state index in [4.69, 9.17) is 9.84 Å². The van der Waals surface area contributed by atoms with E-state index in [1.54, 1.807) is 0 Å². The predicted molar refractivity (Wildman–Crippen MR) is 92.0 cm³/mol. The van der Waals surface area contributed by atoms with E-state index in [0.29, 0.717) is 32.3 Å². The van der Waals surface area contributed by atoms with Crippen LogP contribution >= 0.6 is 15.9 Å². The molecule has 2 amide bonds. The van der Waals surface area contributed by atoms with Crippen molar-refractivity contribution < 1.29 is 19.4 Å². The van der Waals surface area contributed by atoms with Crippen molar-refractivity contribution in [2.45, 2.75) is 44.2 Å². The first kappa shape index (κ1) is 17.1. The molecule has 1 aromatic carbocycles. The molecule has 6 nitrogen and oxygen atoms in total. The van der Waals surface area contributed by atoms with Gasteiger partial charge < -0.3 is 20.5 Å². The molecule has 0 radical (unpaired) electrons. The van der Waals surface area contributed by atoms with Gasteiger partial charge in [0.25, 0.3) is 0 Å². The van der Waals surface area contributed by atoms with E-state index in [2.05, 4.69) is 26.6 Å². The number of ether oxygens (including phenoxy) is 1. The minimum atomic E-state index is -0.734. The normalized spacial score (nSPS) is 26.0. The fraction of sp³-hybridized carbons (Fsp3) is 0.529. The van der Waals surface area contributed by atoms with Gasteiger partial charge in [0.2, 0.25) is 0 Å². The van der Waals surface area contributed by atoms with Gasteiger partial charge in [-0.25, -0.2) is 4.79 Å². The molecule has 0 spiro atoms. The van der Waals surface area contributed by atoms with Gasteiger partial charge in [-0.3, -0.25) is 4.79 Å². The summed E-state index contributed by atoms with van der Waals surface area (Å²) >= 11 is 3.45. The lowest BCUT2D eigenvalue weighted by molar-refractivity contribution is -0.142. The number of carbonyl (C=O) groups is 2. The number of urea groups is 1. The molecule has 24 heavy (non-hydrogen) atoms. The molecule has 0 bridgehead atoms. The zero-order valence-electron chi connectivity index (χ0n) is 13.3. The van der Waals surface area contributed by atoms with Crippen molar-refractivity contribution in [3.05, 3.63) is 28.2 Å². The van der Waals surface area contributed by atoms with Crippen LogP contribution in [0.15, 0.2) is 22.7 Å². The van der Waals surface area contributed by atoms with Crippen molar-refractivity contribution in [1.29, 1.82) is 0 Å². The summed E-state index contributed by atoms with van der Waals surface area (Å²) in [6, 6.07) is 5.55. The standard InChI is InChI=1S/C17H21BrN2O4/c18-11-3-6-15-13(9-11)14(7-8-24-15)20-17(23)19-12-4-1-10(2-5-12)16(21)22/h3,6,9-10,12,14H,1-2,4-5,7-8H2,(H,21,22)(H2,19,20,23). The fourth-order valence-electron chi connectivity index (χ4n) is 3.39. The Morgan fingerprint density at radius 3 is 2.58 bits per heavy atom. The minimum absolute atomic E-state index is 0.0439. The molecule has 1 aromatic rings. The predicted octanol–water partition coefficient (Wildman–Crippen LogP) is 3.22. The van der Waals surface area contributed by atoms with Crippen LogP contribution < -0.4 is 15.4 Å². The molecule has 3 N–H and O–H groups in total. The second-order valence-electron chi connectivity index (χ2n) is 6.38. The molecular weight excluding hydrogens is 376 g/mol. The number of carboxylic acids is 1. The number of benzene rings is 1. The van der Waals surface area contributed by atoms with Gasteiger partial charge in [0, 0.05) is 22.5 Å². The maximum atomic E-state index is 12.3. The fourth-order valence-corrected chi connectivity index (χ4v) is 3.76. The molecule has 1 fully saturated rings. The molecule has 1 unspecified atom stereocenters. The Kier molecular flexibility index (Phi) is 5.28. The van der Waals surface area contributed by atoms with Gasteiger partial charge in [-0.05, 0) is 43.9 Å². The molecule has 1 atom stereocenters. The number of fused-ring (bicyclic) bond motifs is 1. The number of hydrogen-bond donors (Lipinski definition) is 3. The molecule has 0 aromatic heterocycles. The van der Waals surface area contributed by atoms with Crippen molar-refractivity contribution in [2.75, 3.05) is 6.61 Å². The smallest absolute Gasteiger partial charge is 0.315 e. The van der Waals surface area contributed by atoms with Crippen molar-refractivity contribution in [2.24, 2.45) is 5.92 Å². The highest BCUT2D eigenvalue weighted by Crippen LogP contribution is 2.34. The molecule has 3 rings (SSSR count). The van der Waals surface area contributed by atoms with Crippen molar-refractivity contribution in [1.82, 2.24) is 10.6 Å². The van der Waals surface area contributed by atoms with Gasteiger partial charge in [-0.15, -0.1) is 0 Å². The highest BCUT2D eigenvalue weighted by atomic mass is 79.9. The van der Waals surface area contributed by atoms with Crippen LogP contribution in [0, 0.1) is 5.92 Å². The van der Waals surface area contributed by atoms with Crippen LogP contribution in [-0.4, -0.2) is 29.8 Å². The van der Waals surface area contributed by atoms with Crippen molar-refractivity contribution in [3.63, 3.8) is 0 Å². The Bertz CT molecular complexity index is 629. The Balaban J connectivity index is 1.55. The third-order valence-corrected chi connectivity index (χ3v) is 5.22. The lowest BCUT2D eigenvalue weighted by Crippen LogP contribution is -2.45. The summed E-state index contributed by atoms with van der Waals surface area (Å²) in [5.74, 6) is -0.204. The number of nitrogens with one attached hydrogen (secondary N) is 2. The van der Waals surface area contributed by atoms with E-state index in [1.807, 2.05) is 18.2 Å². The number of hydrogen-bond acceptors (Lipinski definition) is 3. The van der Waals surface area contributed by atoms with Gasteiger partial charge in [-0.1, -0.05) is 15.9 Å². The molecule has 1 heterocycles. The maximum absolute atomic E-state index is 12.3. The second-order valence-corrected chi connectivity index (χ2v) is 7.29. The summed E-state index contributed by atoms with van der Waals surface area (Å²) in [6.07, 6.45) is 3.38. The SMILES string of the molecule is O=C(NC1CCC(C(=O)O)CC1)NC1CCOc2ccc(Br)cc21. The van der Waals surface area contributed by atoms with Crippen LogP contribution in [0.4, 0.5) is 4.79 Å². The van der Waals surface area contributed by atoms with Crippen LogP contribution in [0.3, 0.4) is 0 Å². The summed E-state index contributed by atoms with van der Waals surface area (Å²) in [5.41, 5.74) is 0.973. The number of halogens is 1. The second kappa shape index (κ2) is 7.42. The van der Waals surface area contributed by atoms with Gasteiger partial charge in [0.05, 0.1) is 18.6 Å². The number of aliphatic carboxylic acids is 1. The quantitative estimate of drug-likeness (QED) is 0.731. The summed E-state index contributed by atoms with van der Waals surface area (Å²) < 4.78 is 6.58. The van der Waals surface area contributed by atoms with Crippen molar-refractivity contribution >= 4 is 27.9 Å². The number of carbonyl (C=O) groups excluding carboxylic acids is 1. The molecule has 1 aliphatic heterocycles. The lowest BCUT2D eigenvalue weighted by atomic mass is 9.86. The Labute approximate surface area is 149 Å². The summed E-state index contributed by atoms with van der Waals surface area (Å²) in [7, 11) is 0. The van der Waals surface area contributed by atoms with Crippen LogP contribution in [0.2, 0.25) is 0 Å². The molecule has 1 saturated carbocycles. The first-order chi connectivity index (χ1) is 11.5. The van der Waals surface area contributed by atoms with Crippen molar-refractivity contribution in [3.8, 4) is 5.75 Å². The topological polar surface area (TPSA) is 87.7 Å². The Hall–Kier alpha value is -1.76. The van der Waals surface area contributed by atoms with Gasteiger partial charge in [0.15, 0.2) is 0 Å². The highest BCUT2D eigenvalue weighted by molar-refractivity contribution is 9.10. The zero-order valence-corrected chi connectivity index (χ0v) is 14.8. The average Bonchev–Trinajstić information content (AvgIpc) is 2.56. The minimum Gasteiger partial charge on any atom is -0.493 e. The molecule has 7 heteroatoms. The zero-order chi connectivity index (χ0) is 17.1. The van der Waals surface area contributed by atoms with Gasteiger partial charge >= 0.3 is 12.0 Å². The summed E-state index contributed by atoms with van der Waals surface area (Å²) in [6.45, 7) is 0.573. The number of amides is 2. The largest absolute Gasteiger partial charge is 0.493 e. The summed E-state index contributed by atoms with van der Waals surface area (Å²) in [4.78, 5) is 23.3. The number of carboxylic acid groups (broad SMARTS) is 1. The van der Waals surface area contributed by atoms with E-state index in [0.717, 1.165) is 22.2 Å². The molecule has 130 valence electrons. The average molecular weight is 397 g/mol.